The second kappa shape index (κ2) is 5.51. The van der Waals surface area contributed by atoms with Gasteiger partial charge in [-0.15, -0.1) is 0 Å². The van der Waals surface area contributed by atoms with Crippen LogP contribution in [0, 0.1) is 0 Å². The molecule has 2 rings (SSSR count). The zero-order valence-electron chi connectivity index (χ0n) is 9.18. The van der Waals surface area contributed by atoms with Crippen molar-refractivity contribution in [3.8, 4) is 0 Å². The molecular formula is C11H13N5S. The Labute approximate surface area is 104 Å². The van der Waals surface area contributed by atoms with Gasteiger partial charge in [0.15, 0.2) is 5.11 Å². The summed E-state index contributed by atoms with van der Waals surface area (Å²) in [6.07, 6.45) is 3.33. The van der Waals surface area contributed by atoms with Crippen LogP contribution in [-0.4, -0.2) is 28.2 Å². The van der Waals surface area contributed by atoms with Crippen LogP contribution in [0.1, 0.15) is 0 Å². The summed E-state index contributed by atoms with van der Waals surface area (Å²) in [5.74, 6) is 0. The van der Waals surface area contributed by atoms with Crippen molar-refractivity contribution >= 4 is 34.1 Å². The maximum absolute atomic E-state index is 5.38. The van der Waals surface area contributed by atoms with Crippen LogP contribution in [0.4, 0.5) is 5.69 Å². The highest BCUT2D eigenvalue weighted by molar-refractivity contribution is 7.80. The highest BCUT2D eigenvalue weighted by Crippen LogP contribution is 2.14. The van der Waals surface area contributed by atoms with Gasteiger partial charge in [0.05, 0.1) is 11.0 Å². The standard InChI is InChI=1S/C11H13N5S/c12-3-4-15-11(17)16-8-1-2-9-10(7-8)14-6-5-13-9/h1-2,5-7H,3-4,12H2,(H2,15,16,17). The fourth-order valence-corrected chi connectivity index (χ4v) is 1.62. The van der Waals surface area contributed by atoms with Crippen LogP contribution in [0.25, 0.3) is 11.0 Å². The van der Waals surface area contributed by atoms with Crippen molar-refractivity contribution in [2.24, 2.45) is 5.73 Å². The van der Waals surface area contributed by atoms with E-state index in [9.17, 15) is 0 Å². The lowest BCUT2D eigenvalue weighted by Crippen LogP contribution is -2.32. The molecule has 1 aromatic carbocycles. The van der Waals surface area contributed by atoms with Crippen molar-refractivity contribution in [2.75, 3.05) is 18.4 Å². The number of nitrogens with two attached hydrogens (primary N) is 1. The maximum Gasteiger partial charge on any atom is 0.170 e. The third kappa shape index (κ3) is 3.08. The van der Waals surface area contributed by atoms with Crippen LogP contribution in [0.2, 0.25) is 0 Å². The first-order chi connectivity index (χ1) is 8.29. The van der Waals surface area contributed by atoms with Crippen LogP contribution in [-0.2, 0) is 0 Å². The number of fused-ring (bicyclic) bond motifs is 1. The molecule has 0 aliphatic rings. The zero-order chi connectivity index (χ0) is 12.1. The molecule has 0 saturated heterocycles. The van der Waals surface area contributed by atoms with E-state index in [-0.39, 0.29) is 0 Å². The molecule has 0 unspecified atom stereocenters. The Bertz CT molecular complexity index is 528. The molecule has 0 aliphatic heterocycles. The van der Waals surface area contributed by atoms with Gasteiger partial charge in [0, 0.05) is 31.2 Å². The van der Waals surface area contributed by atoms with Gasteiger partial charge in [-0.2, -0.15) is 0 Å². The summed E-state index contributed by atoms with van der Waals surface area (Å²) in [5.41, 5.74) is 7.95. The van der Waals surface area contributed by atoms with Crippen molar-refractivity contribution in [3.05, 3.63) is 30.6 Å². The van der Waals surface area contributed by atoms with Gasteiger partial charge < -0.3 is 16.4 Å². The molecule has 5 nitrogen and oxygen atoms in total. The molecule has 2 aromatic rings. The van der Waals surface area contributed by atoms with Crippen molar-refractivity contribution < 1.29 is 0 Å². The number of benzene rings is 1. The van der Waals surface area contributed by atoms with Gasteiger partial charge in [0.1, 0.15) is 0 Å². The van der Waals surface area contributed by atoms with Crippen molar-refractivity contribution in [3.63, 3.8) is 0 Å². The van der Waals surface area contributed by atoms with Crippen molar-refractivity contribution in [2.45, 2.75) is 0 Å². The summed E-state index contributed by atoms with van der Waals surface area (Å²) in [4.78, 5) is 8.42. The highest BCUT2D eigenvalue weighted by atomic mass is 32.1. The molecule has 88 valence electrons. The summed E-state index contributed by atoms with van der Waals surface area (Å²) in [5, 5.41) is 6.61. The SMILES string of the molecule is NCCNC(=S)Nc1ccc2nccnc2c1. The van der Waals surface area contributed by atoms with E-state index >= 15 is 0 Å². The van der Waals surface area contributed by atoms with E-state index in [0.717, 1.165) is 16.7 Å². The van der Waals surface area contributed by atoms with Crippen molar-refractivity contribution in [1.29, 1.82) is 0 Å². The second-order valence-electron chi connectivity index (χ2n) is 3.43. The molecule has 0 amide bonds. The largest absolute Gasteiger partial charge is 0.361 e. The number of hydrogen-bond donors (Lipinski definition) is 3. The van der Waals surface area contributed by atoms with E-state index in [2.05, 4.69) is 20.6 Å². The lowest BCUT2D eigenvalue weighted by molar-refractivity contribution is 0.883. The van der Waals surface area contributed by atoms with Crippen LogP contribution in [0.15, 0.2) is 30.6 Å². The number of hydrogen-bond acceptors (Lipinski definition) is 4. The molecule has 0 spiro atoms. The van der Waals surface area contributed by atoms with Gasteiger partial charge in [0.25, 0.3) is 0 Å². The molecule has 0 aliphatic carbocycles. The molecule has 0 fully saturated rings. The molecule has 17 heavy (non-hydrogen) atoms. The quantitative estimate of drug-likeness (QED) is 0.699. The number of anilines is 1. The first-order valence-electron chi connectivity index (χ1n) is 5.25. The van der Waals surface area contributed by atoms with E-state index in [0.29, 0.717) is 18.2 Å². The second-order valence-corrected chi connectivity index (χ2v) is 3.84. The monoisotopic (exact) mass is 247 g/mol. The molecular weight excluding hydrogens is 234 g/mol. The topological polar surface area (TPSA) is 75.9 Å². The van der Waals surface area contributed by atoms with E-state index in [1.807, 2.05) is 18.2 Å². The molecule has 6 heteroatoms. The average Bonchev–Trinajstić information content (AvgIpc) is 2.36. The van der Waals surface area contributed by atoms with Gasteiger partial charge in [-0.3, -0.25) is 9.97 Å². The summed E-state index contributed by atoms with van der Waals surface area (Å²) in [6.45, 7) is 1.20. The lowest BCUT2D eigenvalue weighted by atomic mass is 10.2. The first-order valence-corrected chi connectivity index (χ1v) is 5.66. The number of nitrogens with one attached hydrogen (secondary N) is 2. The van der Waals surface area contributed by atoms with Gasteiger partial charge in [-0.1, -0.05) is 0 Å². The molecule has 0 saturated carbocycles. The minimum Gasteiger partial charge on any atom is -0.361 e. The predicted molar refractivity (Wildman–Crippen MR) is 72.8 cm³/mol. The predicted octanol–water partition coefficient (Wildman–Crippen LogP) is 0.875. The molecule has 4 N–H and O–H groups in total. The third-order valence-electron chi connectivity index (χ3n) is 2.16. The normalized spacial score (nSPS) is 10.2. The van der Waals surface area contributed by atoms with Gasteiger partial charge in [0.2, 0.25) is 0 Å². The average molecular weight is 247 g/mol. The van der Waals surface area contributed by atoms with Crippen LogP contribution in [0.5, 0.6) is 0 Å². The Kier molecular flexibility index (Phi) is 3.79. The molecule has 0 bridgehead atoms. The summed E-state index contributed by atoms with van der Waals surface area (Å²) in [6, 6.07) is 5.71. The van der Waals surface area contributed by atoms with Crippen LogP contribution < -0.4 is 16.4 Å². The third-order valence-corrected chi connectivity index (χ3v) is 2.40. The molecule has 0 atom stereocenters. The summed E-state index contributed by atoms with van der Waals surface area (Å²) < 4.78 is 0. The van der Waals surface area contributed by atoms with Gasteiger partial charge in [-0.25, -0.2) is 0 Å². The van der Waals surface area contributed by atoms with Crippen LogP contribution in [0.3, 0.4) is 0 Å². The summed E-state index contributed by atoms with van der Waals surface area (Å²) >= 11 is 5.11. The Morgan fingerprint density at radius 1 is 1.24 bits per heavy atom. The van der Waals surface area contributed by atoms with Crippen molar-refractivity contribution in [1.82, 2.24) is 15.3 Å². The van der Waals surface area contributed by atoms with Gasteiger partial charge in [-0.05, 0) is 30.4 Å². The lowest BCUT2D eigenvalue weighted by Gasteiger charge is -2.09. The number of rotatable bonds is 3. The van der Waals surface area contributed by atoms with E-state index in [4.69, 9.17) is 18.0 Å². The first kappa shape index (κ1) is 11.7. The van der Waals surface area contributed by atoms with Gasteiger partial charge >= 0.3 is 0 Å². The zero-order valence-corrected chi connectivity index (χ0v) is 10.00. The maximum atomic E-state index is 5.38. The Morgan fingerprint density at radius 2 is 2.00 bits per heavy atom. The van der Waals surface area contributed by atoms with Crippen LogP contribution >= 0.6 is 12.2 Å². The minimum atomic E-state index is 0.547. The number of aromatic nitrogens is 2. The smallest absolute Gasteiger partial charge is 0.170 e. The molecule has 0 radical (unpaired) electrons. The van der Waals surface area contributed by atoms with E-state index in [1.54, 1.807) is 12.4 Å². The minimum absolute atomic E-state index is 0.547. The molecule has 1 heterocycles. The Hall–Kier alpha value is -1.79. The summed E-state index contributed by atoms with van der Waals surface area (Å²) in [7, 11) is 0. The fraction of sp³-hybridized carbons (Fsp3) is 0.182. The van der Waals surface area contributed by atoms with E-state index in [1.165, 1.54) is 0 Å². The highest BCUT2D eigenvalue weighted by Gasteiger charge is 1.99. The molecule has 1 aromatic heterocycles. The van der Waals surface area contributed by atoms with E-state index < -0.39 is 0 Å². The number of nitrogens with zero attached hydrogens (tertiary/aromatic N) is 2. The number of thiocarbonyl (C=S) groups is 1. The Morgan fingerprint density at radius 3 is 2.76 bits per heavy atom. The fourth-order valence-electron chi connectivity index (χ4n) is 1.40. The Balaban J connectivity index is 2.11.